The van der Waals surface area contributed by atoms with Gasteiger partial charge in [-0.05, 0) is 23.8 Å². The maximum absolute atomic E-state index is 12.3. The molecule has 0 bridgehead atoms. The first-order valence-electron chi connectivity index (χ1n) is 7.87. The average molecular weight is 395 g/mol. The fourth-order valence-corrected chi connectivity index (χ4v) is 2.54. The van der Waals surface area contributed by atoms with Crippen molar-refractivity contribution >= 4 is 23.2 Å². The Bertz CT molecular complexity index is 843. The number of carbonyl (C=O) groups excluding carboxylic acids is 1. The summed E-state index contributed by atoms with van der Waals surface area (Å²) in [6.45, 7) is 0.0951. The average Bonchev–Trinajstić information content (AvgIpc) is 2.66. The zero-order chi connectivity index (χ0) is 20.0. The summed E-state index contributed by atoms with van der Waals surface area (Å²) in [5.74, 6) is 1.10. The van der Waals surface area contributed by atoms with Crippen LogP contribution in [-0.2, 0) is 11.3 Å². The number of ether oxygens (including phenoxy) is 3. The van der Waals surface area contributed by atoms with Crippen molar-refractivity contribution < 1.29 is 23.9 Å². The SMILES string of the molecule is COc1ccc(CN(C)C(=O)COc2ccc([N+](=O)[O-])cc2Cl)cc1OC. The topological polar surface area (TPSA) is 91.1 Å². The summed E-state index contributed by atoms with van der Waals surface area (Å²) in [7, 11) is 4.73. The van der Waals surface area contributed by atoms with Crippen LogP contribution in [0.1, 0.15) is 5.56 Å². The Morgan fingerprint density at radius 2 is 1.78 bits per heavy atom. The maximum Gasteiger partial charge on any atom is 0.271 e. The quantitative estimate of drug-likeness (QED) is 0.504. The third-order valence-electron chi connectivity index (χ3n) is 3.77. The number of carbonyl (C=O) groups is 1. The third kappa shape index (κ3) is 5.24. The second-order valence-electron chi connectivity index (χ2n) is 5.60. The summed E-state index contributed by atoms with van der Waals surface area (Å²) in [6.07, 6.45) is 0. The molecule has 0 aliphatic heterocycles. The number of benzene rings is 2. The fourth-order valence-electron chi connectivity index (χ4n) is 2.31. The smallest absolute Gasteiger partial charge is 0.271 e. The van der Waals surface area contributed by atoms with Crippen molar-refractivity contribution in [2.24, 2.45) is 0 Å². The summed E-state index contributed by atoms with van der Waals surface area (Å²) in [6, 6.07) is 9.19. The van der Waals surface area contributed by atoms with Crippen LogP contribution in [0, 0.1) is 10.1 Å². The number of halogens is 1. The molecular formula is C18H19ClN2O6. The number of amides is 1. The molecule has 0 N–H and O–H groups in total. The lowest BCUT2D eigenvalue weighted by molar-refractivity contribution is -0.384. The lowest BCUT2D eigenvalue weighted by Gasteiger charge is -2.18. The number of hydrogen-bond acceptors (Lipinski definition) is 6. The van der Waals surface area contributed by atoms with Crippen LogP contribution in [0.3, 0.4) is 0 Å². The Balaban J connectivity index is 1.97. The van der Waals surface area contributed by atoms with Gasteiger partial charge in [0.25, 0.3) is 11.6 Å². The van der Waals surface area contributed by atoms with Gasteiger partial charge in [-0.3, -0.25) is 14.9 Å². The molecule has 0 unspecified atom stereocenters. The summed E-state index contributed by atoms with van der Waals surface area (Å²) in [5.41, 5.74) is 0.709. The number of non-ortho nitro benzene ring substituents is 1. The van der Waals surface area contributed by atoms with E-state index < -0.39 is 4.92 Å². The minimum atomic E-state index is -0.558. The normalized spacial score (nSPS) is 10.2. The van der Waals surface area contributed by atoms with Crippen LogP contribution in [0.4, 0.5) is 5.69 Å². The molecule has 0 aliphatic rings. The summed E-state index contributed by atoms with van der Waals surface area (Å²) in [4.78, 5) is 23.9. The molecule has 1 amide bonds. The molecule has 0 heterocycles. The molecule has 8 nitrogen and oxygen atoms in total. The van der Waals surface area contributed by atoms with Crippen LogP contribution < -0.4 is 14.2 Å². The monoisotopic (exact) mass is 394 g/mol. The first-order chi connectivity index (χ1) is 12.8. The van der Waals surface area contributed by atoms with Gasteiger partial charge in [0.1, 0.15) is 5.75 Å². The molecule has 0 saturated heterocycles. The van der Waals surface area contributed by atoms with E-state index in [0.29, 0.717) is 18.0 Å². The van der Waals surface area contributed by atoms with E-state index in [1.54, 1.807) is 26.3 Å². The Labute approximate surface area is 161 Å². The van der Waals surface area contributed by atoms with Gasteiger partial charge in [-0.1, -0.05) is 17.7 Å². The van der Waals surface area contributed by atoms with Crippen LogP contribution in [0.15, 0.2) is 36.4 Å². The fraction of sp³-hybridized carbons (Fsp3) is 0.278. The zero-order valence-corrected chi connectivity index (χ0v) is 15.9. The molecule has 2 rings (SSSR count). The molecule has 9 heteroatoms. The van der Waals surface area contributed by atoms with E-state index in [9.17, 15) is 14.9 Å². The molecule has 27 heavy (non-hydrogen) atoms. The van der Waals surface area contributed by atoms with Crippen LogP contribution >= 0.6 is 11.6 Å². The van der Waals surface area contributed by atoms with Crippen molar-refractivity contribution in [1.82, 2.24) is 4.90 Å². The van der Waals surface area contributed by atoms with Gasteiger partial charge < -0.3 is 19.1 Å². The minimum Gasteiger partial charge on any atom is -0.493 e. The van der Waals surface area contributed by atoms with Crippen LogP contribution in [0.5, 0.6) is 17.2 Å². The number of methoxy groups -OCH3 is 2. The second-order valence-corrected chi connectivity index (χ2v) is 6.01. The molecule has 0 fully saturated rings. The third-order valence-corrected chi connectivity index (χ3v) is 4.07. The molecule has 2 aromatic carbocycles. The van der Waals surface area contributed by atoms with Crippen molar-refractivity contribution in [3.05, 3.63) is 57.1 Å². The number of hydrogen-bond donors (Lipinski definition) is 0. The number of nitro groups is 1. The highest BCUT2D eigenvalue weighted by molar-refractivity contribution is 6.32. The highest BCUT2D eigenvalue weighted by atomic mass is 35.5. The Morgan fingerprint density at radius 1 is 1.11 bits per heavy atom. The first kappa shape index (κ1) is 20.3. The largest absolute Gasteiger partial charge is 0.493 e. The van der Waals surface area contributed by atoms with E-state index in [-0.39, 0.29) is 29.0 Å². The predicted molar refractivity (Wildman–Crippen MR) is 99.6 cm³/mol. The summed E-state index contributed by atoms with van der Waals surface area (Å²) >= 11 is 5.95. The Hall–Kier alpha value is -3.00. The Morgan fingerprint density at radius 3 is 2.37 bits per heavy atom. The van der Waals surface area contributed by atoms with Crippen LogP contribution in [0.25, 0.3) is 0 Å². The Kier molecular flexibility index (Phi) is 6.84. The van der Waals surface area contributed by atoms with Gasteiger partial charge in [-0.15, -0.1) is 0 Å². The summed E-state index contributed by atoms with van der Waals surface area (Å²) < 4.78 is 15.8. The molecule has 0 atom stereocenters. The number of nitrogens with zero attached hydrogens (tertiary/aromatic N) is 2. The van der Waals surface area contributed by atoms with Gasteiger partial charge in [0.15, 0.2) is 18.1 Å². The molecule has 2 aromatic rings. The van der Waals surface area contributed by atoms with E-state index in [2.05, 4.69) is 0 Å². The van der Waals surface area contributed by atoms with Crippen molar-refractivity contribution in [3.63, 3.8) is 0 Å². The molecular weight excluding hydrogens is 376 g/mol. The van der Waals surface area contributed by atoms with Gasteiger partial charge in [0.05, 0.1) is 24.2 Å². The number of rotatable bonds is 8. The van der Waals surface area contributed by atoms with Crippen molar-refractivity contribution in [2.45, 2.75) is 6.54 Å². The predicted octanol–water partition coefficient (Wildman–Crippen LogP) is 3.30. The van der Waals surface area contributed by atoms with E-state index in [1.807, 2.05) is 6.07 Å². The lowest BCUT2D eigenvalue weighted by Crippen LogP contribution is -2.31. The molecule has 0 aliphatic carbocycles. The van der Waals surface area contributed by atoms with Gasteiger partial charge in [0, 0.05) is 25.7 Å². The van der Waals surface area contributed by atoms with Crippen molar-refractivity contribution in [1.29, 1.82) is 0 Å². The van der Waals surface area contributed by atoms with Crippen LogP contribution in [0.2, 0.25) is 5.02 Å². The van der Waals surface area contributed by atoms with Crippen molar-refractivity contribution in [2.75, 3.05) is 27.9 Å². The molecule has 0 spiro atoms. The number of likely N-dealkylation sites (N-methyl/N-ethyl adjacent to an activating group) is 1. The number of nitro benzene ring substituents is 1. The van der Waals surface area contributed by atoms with Gasteiger partial charge >= 0.3 is 0 Å². The van der Waals surface area contributed by atoms with E-state index in [0.717, 1.165) is 5.56 Å². The second kappa shape index (κ2) is 9.09. The van der Waals surface area contributed by atoms with E-state index in [1.165, 1.54) is 30.2 Å². The highest BCUT2D eigenvalue weighted by Crippen LogP contribution is 2.29. The van der Waals surface area contributed by atoms with Crippen LogP contribution in [-0.4, -0.2) is 43.6 Å². The maximum atomic E-state index is 12.3. The lowest BCUT2D eigenvalue weighted by atomic mass is 10.2. The zero-order valence-electron chi connectivity index (χ0n) is 15.1. The van der Waals surface area contributed by atoms with Gasteiger partial charge in [-0.25, -0.2) is 0 Å². The molecule has 0 aromatic heterocycles. The van der Waals surface area contributed by atoms with E-state index >= 15 is 0 Å². The minimum absolute atomic E-state index is 0.0690. The first-order valence-corrected chi connectivity index (χ1v) is 8.25. The standard InChI is InChI=1S/C18H19ClN2O6/c1-20(10-12-4-6-16(25-2)17(8-12)26-3)18(22)11-27-15-7-5-13(21(23)24)9-14(15)19/h4-9H,10-11H2,1-3H3. The van der Waals surface area contributed by atoms with Gasteiger partial charge in [0.2, 0.25) is 0 Å². The van der Waals surface area contributed by atoms with E-state index in [4.69, 9.17) is 25.8 Å². The van der Waals surface area contributed by atoms with Crippen molar-refractivity contribution in [3.8, 4) is 17.2 Å². The molecule has 0 saturated carbocycles. The molecule has 144 valence electrons. The highest BCUT2D eigenvalue weighted by Gasteiger charge is 2.15. The molecule has 0 radical (unpaired) electrons. The van der Waals surface area contributed by atoms with Gasteiger partial charge in [-0.2, -0.15) is 0 Å². The summed E-state index contributed by atoms with van der Waals surface area (Å²) in [5, 5.41) is 10.8.